The van der Waals surface area contributed by atoms with E-state index in [4.69, 9.17) is 0 Å². The molecule has 1 atom stereocenters. The fraction of sp³-hybridized carbons (Fsp3) is 0.562. The highest BCUT2D eigenvalue weighted by atomic mass is 35.5. The quantitative estimate of drug-likeness (QED) is 0.879. The van der Waals surface area contributed by atoms with Gasteiger partial charge in [0.1, 0.15) is 0 Å². The van der Waals surface area contributed by atoms with Crippen LogP contribution in [0.2, 0.25) is 0 Å². The summed E-state index contributed by atoms with van der Waals surface area (Å²) in [5.74, 6) is 0.117. The highest BCUT2D eigenvalue weighted by molar-refractivity contribution is 5.95. The SMILES string of the molecule is CN(C)Cc1cccc(NC(=O)C2(C)CCCNC2)c1.Cl.Cl. The zero-order valence-corrected chi connectivity index (χ0v) is 15.1. The topological polar surface area (TPSA) is 44.4 Å². The fourth-order valence-corrected chi connectivity index (χ4v) is 2.64. The molecule has 1 aromatic rings. The molecule has 2 rings (SSSR count). The lowest BCUT2D eigenvalue weighted by Gasteiger charge is -2.32. The zero-order chi connectivity index (χ0) is 14.6. The van der Waals surface area contributed by atoms with Crippen LogP contribution in [0.1, 0.15) is 25.3 Å². The summed E-state index contributed by atoms with van der Waals surface area (Å²) in [6.07, 6.45) is 2.01. The number of rotatable bonds is 4. The Hall–Kier alpha value is -0.810. The molecular weight excluding hydrogens is 321 g/mol. The van der Waals surface area contributed by atoms with Crippen molar-refractivity contribution < 1.29 is 4.79 Å². The van der Waals surface area contributed by atoms with Crippen LogP contribution in [0.15, 0.2) is 24.3 Å². The molecule has 2 N–H and O–H groups in total. The number of hydrogen-bond acceptors (Lipinski definition) is 3. The van der Waals surface area contributed by atoms with E-state index in [0.29, 0.717) is 0 Å². The molecule has 4 nitrogen and oxygen atoms in total. The molecule has 0 aromatic heterocycles. The molecule has 1 amide bonds. The third-order valence-corrected chi connectivity index (χ3v) is 3.83. The van der Waals surface area contributed by atoms with E-state index < -0.39 is 0 Å². The van der Waals surface area contributed by atoms with Crippen LogP contribution in [0.25, 0.3) is 0 Å². The van der Waals surface area contributed by atoms with Crippen LogP contribution < -0.4 is 10.6 Å². The molecule has 6 heteroatoms. The third-order valence-electron chi connectivity index (χ3n) is 3.83. The lowest BCUT2D eigenvalue weighted by atomic mass is 9.82. The van der Waals surface area contributed by atoms with Gasteiger partial charge in [0.05, 0.1) is 5.41 Å². The Morgan fingerprint density at radius 3 is 2.68 bits per heavy atom. The second-order valence-electron chi connectivity index (χ2n) is 6.23. The first kappa shape index (κ1) is 21.2. The number of nitrogens with one attached hydrogen (secondary N) is 2. The van der Waals surface area contributed by atoms with Crippen molar-refractivity contribution in [1.82, 2.24) is 10.2 Å². The van der Waals surface area contributed by atoms with Crippen LogP contribution in [0.3, 0.4) is 0 Å². The van der Waals surface area contributed by atoms with Crippen molar-refractivity contribution in [2.24, 2.45) is 5.41 Å². The van der Waals surface area contributed by atoms with Gasteiger partial charge in [0, 0.05) is 18.8 Å². The average Bonchev–Trinajstić information content (AvgIpc) is 2.39. The molecule has 22 heavy (non-hydrogen) atoms. The van der Waals surface area contributed by atoms with Crippen LogP contribution in [-0.2, 0) is 11.3 Å². The van der Waals surface area contributed by atoms with E-state index in [9.17, 15) is 4.79 Å². The van der Waals surface area contributed by atoms with Crippen LogP contribution in [0.5, 0.6) is 0 Å². The number of nitrogens with zero attached hydrogens (tertiary/aromatic N) is 1. The minimum Gasteiger partial charge on any atom is -0.326 e. The Bertz CT molecular complexity index is 474. The molecule has 0 radical (unpaired) electrons. The summed E-state index contributed by atoms with van der Waals surface area (Å²) in [6.45, 7) is 4.69. The van der Waals surface area contributed by atoms with Crippen LogP contribution in [0.4, 0.5) is 5.69 Å². The summed E-state index contributed by atoms with van der Waals surface area (Å²) >= 11 is 0. The van der Waals surface area contributed by atoms with Crippen molar-refractivity contribution in [3.05, 3.63) is 29.8 Å². The van der Waals surface area contributed by atoms with E-state index in [1.54, 1.807) is 0 Å². The number of halogens is 2. The minimum atomic E-state index is -0.296. The van der Waals surface area contributed by atoms with E-state index in [1.165, 1.54) is 5.56 Å². The molecule has 0 aliphatic carbocycles. The van der Waals surface area contributed by atoms with Gasteiger partial charge >= 0.3 is 0 Å². The molecule has 1 aliphatic heterocycles. The number of hydrogen-bond donors (Lipinski definition) is 2. The third kappa shape index (κ3) is 5.76. The zero-order valence-electron chi connectivity index (χ0n) is 13.5. The second kappa shape index (κ2) is 9.36. The summed E-state index contributed by atoms with van der Waals surface area (Å²) in [5, 5.41) is 6.38. The standard InChI is InChI=1S/C16H25N3O.2ClH/c1-16(8-5-9-17-12-16)15(20)18-14-7-4-6-13(10-14)11-19(2)3;;/h4,6-7,10,17H,5,8-9,11-12H2,1-3H3,(H,18,20);2*1H. The first-order valence-electron chi connectivity index (χ1n) is 7.25. The van der Waals surface area contributed by atoms with Crippen LogP contribution in [0, 0.1) is 5.41 Å². The lowest BCUT2D eigenvalue weighted by molar-refractivity contribution is -0.125. The highest BCUT2D eigenvalue weighted by Gasteiger charge is 2.34. The largest absolute Gasteiger partial charge is 0.326 e. The van der Waals surface area contributed by atoms with E-state index in [1.807, 2.05) is 33.2 Å². The summed E-state index contributed by atoms with van der Waals surface area (Å²) in [7, 11) is 4.08. The van der Waals surface area contributed by atoms with Gasteiger partial charge in [-0.05, 0) is 58.1 Å². The normalized spacial score (nSPS) is 20.7. The fourth-order valence-electron chi connectivity index (χ4n) is 2.64. The molecule has 1 saturated heterocycles. The van der Waals surface area contributed by atoms with Gasteiger partial charge in [-0.1, -0.05) is 12.1 Å². The number of benzene rings is 1. The maximum Gasteiger partial charge on any atom is 0.231 e. The first-order chi connectivity index (χ1) is 9.49. The smallest absolute Gasteiger partial charge is 0.231 e. The minimum absolute atomic E-state index is 0. The van der Waals surface area contributed by atoms with Gasteiger partial charge in [0.25, 0.3) is 0 Å². The number of amides is 1. The molecule has 1 unspecified atom stereocenters. The predicted molar refractivity (Wildman–Crippen MR) is 97.2 cm³/mol. The predicted octanol–water partition coefficient (Wildman–Crippen LogP) is 2.92. The summed E-state index contributed by atoms with van der Waals surface area (Å²) in [4.78, 5) is 14.6. The summed E-state index contributed by atoms with van der Waals surface area (Å²) in [5.41, 5.74) is 1.80. The summed E-state index contributed by atoms with van der Waals surface area (Å²) in [6, 6.07) is 8.09. The van der Waals surface area contributed by atoms with Crippen LogP contribution in [-0.4, -0.2) is 38.0 Å². The molecule has 1 heterocycles. The second-order valence-corrected chi connectivity index (χ2v) is 6.23. The van der Waals surface area contributed by atoms with Crippen molar-refractivity contribution in [3.8, 4) is 0 Å². The molecule has 1 aliphatic rings. The number of piperidine rings is 1. The number of carbonyl (C=O) groups excluding carboxylic acids is 1. The lowest BCUT2D eigenvalue weighted by Crippen LogP contribution is -2.46. The number of anilines is 1. The van der Waals surface area contributed by atoms with Crippen molar-refractivity contribution >= 4 is 36.4 Å². The summed E-state index contributed by atoms with van der Waals surface area (Å²) < 4.78 is 0. The van der Waals surface area contributed by atoms with E-state index in [-0.39, 0.29) is 36.1 Å². The molecule has 0 saturated carbocycles. The van der Waals surface area contributed by atoms with Gasteiger partial charge in [0.15, 0.2) is 0 Å². The Morgan fingerprint density at radius 2 is 2.09 bits per heavy atom. The van der Waals surface area contributed by atoms with E-state index in [0.717, 1.165) is 38.2 Å². The molecule has 1 fully saturated rings. The van der Waals surface area contributed by atoms with Gasteiger partial charge in [-0.25, -0.2) is 0 Å². The maximum absolute atomic E-state index is 12.5. The van der Waals surface area contributed by atoms with E-state index in [2.05, 4.69) is 27.7 Å². The van der Waals surface area contributed by atoms with Crippen molar-refractivity contribution in [1.29, 1.82) is 0 Å². The van der Waals surface area contributed by atoms with Gasteiger partial charge in [-0.2, -0.15) is 0 Å². The van der Waals surface area contributed by atoms with Crippen LogP contribution >= 0.6 is 24.8 Å². The van der Waals surface area contributed by atoms with Gasteiger partial charge < -0.3 is 15.5 Å². The molecular formula is C16H27Cl2N3O. The maximum atomic E-state index is 12.5. The molecule has 126 valence electrons. The first-order valence-corrected chi connectivity index (χ1v) is 7.25. The van der Waals surface area contributed by atoms with E-state index >= 15 is 0 Å². The van der Waals surface area contributed by atoms with Crippen molar-refractivity contribution in [2.45, 2.75) is 26.3 Å². The highest BCUT2D eigenvalue weighted by Crippen LogP contribution is 2.27. The average molecular weight is 348 g/mol. The van der Waals surface area contributed by atoms with Gasteiger partial charge in [0.2, 0.25) is 5.91 Å². The van der Waals surface area contributed by atoms with Crippen molar-refractivity contribution in [3.63, 3.8) is 0 Å². The Labute approximate surface area is 145 Å². The molecule has 0 bridgehead atoms. The molecule has 0 spiro atoms. The number of carbonyl (C=O) groups is 1. The van der Waals surface area contributed by atoms with Gasteiger partial charge in [-0.3, -0.25) is 4.79 Å². The Morgan fingerprint density at radius 1 is 1.36 bits per heavy atom. The Kier molecular flexibility index (Phi) is 9.01. The monoisotopic (exact) mass is 347 g/mol. The van der Waals surface area contributed by atoms with Crippen molar-refractivity contribution in [2.75, 3.05) is 32.5 Å². The molecule has 1 aromatic carbocycles. The Balaban J connectivity index is 0.00000220. The van der Waals surface area contributed by atoms with Gasteiger partial charge in [-0.15, -0.1) is 24.8 Å².